The lowest BCUT2D eigenvalue weighted by Crippen LogP contribution is -2.25. The first-order valence-corrected chi connectivity index (χ1v) is 16.2. The van der Waals surface area contributed by atoms with Gasteiger partial charge in [-0.15, -0.1) is 0 Å². The third-order valence-electron chi connectivity index (χ3n) is 8.75. The van der Waals surface area contributed by atoms with E-state index in [0.29, 0.717) is 13.2 Å². The van der Waals surface area contributed by atoms with Gasteiger partial charge in [-0.3, -0.25) is 14.9 Å². The zero-order valence-electron chi connectivity index (χ0n) is 26.5. The van der Waals surface area contributed by atoms with Crippen molar-refractivity contribution in [3.05, 3.63) is 95.8 Å². The topological polar surface area (TPSA) is 81.7 Å². The number of rotatable bonds is 11. The molecular formula is C37H40FN7O. The number of H-pyrrole nitrogens is 1. The first-order chi connectivity index (χ1) is 22.5. The third kappa shape index (κ3) is 6.66. The van der Waals surface area contributed by atoms with Gasteiger partial charge in [-0.25, -0.2) is 9.37 Å². The summed E-state index contributed by atoms with van der Waals surface area (Å²) in [5.74, 6) is 0.483. The normalized spacial score (nSPS) is 14.9. The molecule has 8 nitrogen and oxygen atoms in total. The highest BCUT2D eigenvalue weighted by Gasteiger charge is 2.21. The van der Waals surface area contributed by atoms with Gasteiger partial charge in [-0.2, -0.15) is 0 Å². The van der Waals surface area contributed by atoms with Crippen LogP contribution in [0.25, 0.3) is 33.3 Å². The first kappa shape index (κ1) is 30.1. The van der Waals surface area contributed by atoms with Gasteiger partial charge in [0.2, 0.25) is 0 Å². The number of aliphatic imine (C=N–C) groups is 1. The number of fused-ring (bicyclic) bond motifs is 2. The molecule has 0 atom stereocenters. The van der Waals surface area contributed by atoms with Crippen LogP contribution in [0.2, 0.25) is 0 Å². The number of anilines is 1. The number of aromatic amines is 1. The molecular weight excluding hydrogens is 577 g/mol. The van der Waals surface area contributed by atoms with Gasteiger partial charge in [-0.1, -0.05) is 18.2 Å². The van der Waals surface area contributed by atoms with Crippen LogP contribution in [-0.2, 0) is 6.42 Å². The van der Waals surface area contributed by atoms with E-state index < -0.39 is 0 Å². The van der Waals surface area contributed by atoms with Crippen molar-refractivity contribution in [2.24, 2.45) is 4.99 Å². The molecule has 1 fully saturated rings. The predicted molar refractivity (Wildman–Crippen MR) is 184 cm³/mol. The number of benzene rings is 2. The summed E-state index contributed by atoms with van der Waals surface area (Å²) in [7, 11) is 4.05. The van der Waals surface area contributed by atoms with Gasteiger partial charge < -0.3 is 19.9 Å². The molecule has 236 valence electrons. The molecule has 5 heterocycles. The van der Waals surface area contributed by atoms with Crippen LogP contribution >= 0.6 is 0 Å². The number of likely N-dealkylation sites (N-methyl/N-ethyl adjacent to an activating group) is 1. The van der Waals surface area contributed by atoms with E-state index in [2.05, 4.69) is 43.3 Å². The predicted octanol–water partition coefficient (Wildman–Crippen LogP) is 6.27. The number of likely N-dealkylation sites (tertiary alicyclic amines) is 1. The Labute approximate surface area is 269 Å². The minimum absolute atomic E-state index is 0.268. The molecule has 0 aliphatic carbocycles. The number of halogens is 1. The van der Waals surface area contributed by atoms with E-state index in [9.17, 15) is 4.39 Å². The van der Waals surface area contributed by atoms with Crippen molar-refractivity contribution in [2.75, 3.05) is 65.3 Å². The Balaban J connectivity index is 1.16. The summed E-state index contributed by atoms with van der Waals surface area (Å²) in [4.78, 5) is 22.7. The lowest BCUT2D eigenvalue weighted by atomic mass is 9.98. The van der Waals surface area contributed by atoms with Crippen molar-refractivity contribution in [2.45, 2.75) is 19.3 Å². The monoisotopic (exact) mass is 617 g/mol. The third-order valence-corrected chi connectivity index (χ3v) is 8.75. The summed E-state index contributed by atoms with van der Waals surface area (Å²) >= 11 is 0. The molecule has 0 amide bonds. The number of ether oxygens (including phenoxy) is 1. The molecule has 0 radical (unpaired) electrons. The second-order valence-electron chi connectivity index (χ2n) is 12.4. The van der Waals surface area contributed by atoms with Crippen LogP contribution in [0.1, 0.15) is 29.8 Å². The highest BCUT2D eigenvalue weighted by molar-refractivity contribution is 6.15. The van der Waals surface area contributed by atoms with Crippen LogP contribution < -0.4 is 10.1 Å². The Morgan fingerprint density at radius 3 is 2.76 bits per heavy atom. The first-order valence-electron chi connectivity index (χ1n) is 16.2. The molecule has 0 saturated carbocycles. The fourth-order valence-electron chi connectivity index (χ4n) is 6.37. The largest absolute Gasteiger partial charge is 0.491 e. The van der Waals surface area contributed by atoms with E-state index in [0.717, 1.165) is 107 Å². The molecule has 5 aromatic rings. The number of hydrogen-bond acceptors (Lipinski definition) is 7. The van der Waals surface area contributed by atoms with Crippen LogP contribution in [-0.4, -0.2) is 90.4 Å². The molecule has 46 heavy (non-hydrogen) atoms. The van der Waals surface area contributed by atoms with Crippen molar-refractivity contribution in [1.82, 2.24) is 24.8 Å². The van der Waals surface area contributed by atoms with Crippen molar-refractivity contribution >= 4 is 22.3 Å². The van der Waals surface area contributed by atoms with E-state index in [1.807, 2.05) is 50.6 Å². The molecule has 2 aromatic carbocycles. The molecule has 3 aromatic heterocycles. The zero-order chi connectivity index (χ0) is 31.5. The number of pyridine rings is 2. The summed E-state index contributed by atoms with van der Waals surface area (Å²) < 4.78 is 20.9. The maximum Gasteiger partial charge on any atom is 0.138 e. The van der Waals surface area contributed by atoms with Crippen LogP contribution in [0.5, 0.6) is 5.75 Å². The molecule has 0 bridgehead atoms. The second kappa shape index (κ2) is 13.4. The Kier molecular flexibility index (Phi) is 8.76. The average Bonchev–Trinajstić information content (AvgIpc) is 3.74. The molecule has 9 heteroatoms. The summed E-state index contributed by atoms with van der Waals surface area (Å²) in [5.41, 5.74) is 9.02. The standard InChI is InChI=1S/C37H40FN7O/c1-44(2)15-12-40-29-19-26(18-28(38)21-29)31-6-5-7-34-32(31)22-35(42-34)37-36-25(10-11-41-37)8-9-33(43-36)27-20-30(24-39-23-27)46-17-16-45-13-3-4-14-45/h5-9,18-24,40,42H,3-4,10-17H2,1-2H3. The molecule has 2 N–H and O–H groups in total. The summed E-state index contributed by atoms with van der Waals surface area (Å²) in [6, 6.07) is 19.6. The smallest absolute Gasteiger partial charge is 0.138 e. The van der Waals surface area contributed by atoms with E-state index in [1.165, 1.54) is 12.8 Å². The van der Waals surface area contributed by atoms with E-state index in [4.69, 9.17) is 14.7 Å². The Morgan fingerprint density at radius 2 is 1.89 bits per heavy atom. The number of aromatic nitrogens is 3. The van der Waals surface area contributed by atoms with Gasteiger partial charge in [0, 0.05) is 54.5 Å². The highest BCUT2D eigenvalue weighted by atomic mass is 19.1. The minimum Gasteiger partial charge on any atom is -0.491 e. The number of nitrogens with one attached hydrogen (secondary N) is 2. The van der Waals surface area contributed by atoms with Gasteiger partial charge in [0.1, 0.15) is 23.9 Å². The van der Waals surface area contributed by atoms with Gasteiger partial charge in [0.25, 0.3) is 0 Å². The summed E-state index contributed by atoms with van der Waals surface area (Å²) in [5, 5.41) is 4.37. The molecule has 2 aliphatic heterocycles. The minimum atomic E-state index is -0.268. The van der Waals surface area contributed by atoms with Gasteiger partial charge in [-0.05, 0) is 106 Å². The maximum atomic E-state index is 14.8. The van der Waals surface area contributed by atoms with E-state index >= 15 is 0 Å². The molecule has 1 saturated heterocycles. The lowest BCUT2D eigenvalue weighted by Gasteiger charge is -2.17. The van der Waals surface area contributed by atoms with Gasteiger partial charge in [0.05, 0.1) is 23.3 Å². The van der Waals surface area contributed by atoms with Crippen LogP contribution in [0.15, 0.2) is 78.0 Å². The van der Waals surface area contributed by atoms with E-state index in [-0.39, 0.29) is 5.82 Å². The molecule has 0 spiro atoms. The Hall–Kier alpha value is -4.60. The lowest BCUT2D eigenvalue weighted by molar-refractivity contribution is 0.237. The van der Waals surface area contributed by atoms with E-state index in [1.54, 1.807) is 18.3 Å². The summed E-state index contributed by atoms with van der Waals surface area (Å²) in [6.45, 7) is 6.17. The van der Waals surface area contributed by atoms with Gasteiger partial charge in [0.15, 0.2) is 0 Å². The van der Waals surface area contributed by atoms with Crippen molar-refractivity contribution in [1.29, 1.82) is 0 Å². The number of nitrogens with zero attached hydrogens (tertiary/aromatic N) is 5. The fraction of sp³-hybridized carbons (Fsp3) is 0.324. The number of hydrogen-bond donors (Lipinski definition) is 2. The summed E-state index contributed by atoms with van der Waals surface area (Å²) in [6.07, 6.45) is 6.98. The maximum absolute atomic E-state index is 14.8. The molecule has 2 aliphatic rings. The Bertz CT molecular complexity index is 1880. The van der Waals surface area contributed by atoms with Crippen molar-refractivity contribution in [3.8, 4) is 28.1 Å². The fourth-order valence-corrected chi connectivity index (χ4v) is 6.37. The molecule has 7 rings (SSSR count). The second-order valence-corrected chi connectivity index (χ2v) is 12.4. The van der Waals surface area contributed by atoms with Crippen molar-refractivity contribution < 1.29 is 9.13 Å². The Morgan fingerprint density at radius 1 is 1.00 bits per heavy atom. The van der Waals surface area contributed by atoms with Crippen LogP contribution in [0.3, 0.4) is 0 Å². The average molecular weight is 618 g/mol. The van der Waals surface area contributed by atoms with Crippen LogP contribution in [0.4, 0.5) is 10.1 Å². The SMILES string of the molecule is CN(C)CCNc1cc(F)cc(-c2cccc3[nH]c(C4=NCCc5ccc(-c6cncc(OCCN7CCCC7)c6)nc54)cc23)c1. The zero-order valence-corrected chi connectivity index (χ0v) is 26.5. The van der Waals surface area contributed by atoms with Crippen molar-refractivity contribution in [3.63, 3.8) is 0 Å². The van der Waals surface area contributed by atoms with Gasteiger partial charge >= 0.3 is 0 Å². The highest BCUT2D eigenvalue weighted by Crippen LogP contribution is 2.33. The quantitative estimate of drug-likeness (QED) is 0.182. The van der Waals surface area contributed by atoms with Crippen LogP contribution in [0, 0.1) is 5.82 Å². The molecule has 0 unspecified atom stereocenters.